The van der Waals surface area contributed by atoms with Crippen molar-refractivity contribution in [1.82, 2.24) is 5.32 Å². The summed E-state index contributed by atoms with van der Waals surface area (Å²) in [6.07, 6.45) is 0. The zero-order valence-corrected chi connectivity index (χ0v) is 16.8. The van der Waals surface area contributed by atoms with Gasteiger partial charge in [0.05, 0.1) is 11.3 Å². The number of carbonyl (C=O) groups excluding carboxylic acids is 2. The van der Waals surface area contributed by atoms with E-state index >= 15 is 0 Å². The number of amides is 2. The summed E-state index contributed by atoms with van der Waals surface area (Å²) in [5.41, 5.74) is 2.38. The molecule has 2 aromatic carbocycles. The Balaban J connectivity index is 2.09. The summed E-state index contributed by atoms with van der Waals surface area (Å²) >= 11 is 4.83. The molecule has 2 amide bonds. The third-order valence-electron chi connectivity index (χ3n) is 3.37. The van der Waals surface area contributed by atoms with E-state index in [2.05, 4.69) is 26.6 Å². The third-order valence-corrected chi connectivity index (χ3v) is 5.30. The molecule has 0 aliphatic rings. The Hall–Kier alpha value is -1.79. The number of carbonyl (C=O) groups is 2. The number of halogens is 1. The first-order valence-electron chi connectivity index (χ1n) is 7.95. The molecule has 0 atom stereocenters. The zero-order chi connectivity index (χ0) is 18.4. The van der Waals surface area contributed by atoms with Crippen LogP contribution in [-0.4, -0.2) is 23.6 Å². The lowest BCUT2D eigenvalue weighted by atomic mass is 10.2. The summed E-state index contributed by atoms with van der Waals surface area (Å²) in [6, 6.07) is 13.1. The molecule has 0 unspecified atom stereocenters. The van der Waals surface area contributed by atoms with Crippen molar-refractivity contribution in [1.29, 1.82) is 0 Å². The van der Waals surface area contributed by atoms with E-state index in [0.717, 1.165) is 20.6 Å². The molecule has 2 N–H and O–H groups in total. The minimum absolute atomic E-state index is 0.0438. The van der Waals surface area contributed by atoms with Crippen LogP contribution in [0, 0.1) is 6.92 Å². The fourth-order valence-corrected chi connectivity index (χ4v) is 3.40. The van der Waals surface area contributed by atoms with Crippen molar-refractivity contribution in [3.05, 3.63) is 58.1 Å². The first-order chi connectivity index (χ1) is 11.9. The smallest absolute Gasteiger partial charge is 0.256 e. The second kappa shape index (κ2) is 9.06. The Kier molecular flexibility index (Phi) is 7.08. The average molecular weight is 421 g/mol. The van der Waals surface area contributed by atoms with Crippen molar-refractivity contribution in [3.63, 3.8) is 0 Å². The van der Waals surface area contributed by atoms with Crippen molar-refractivity contribution < 1.29 is 9.59 Å². The van der Waals surface area contributed by atoms with Crippen molar-refractivity contribution in [2.45, 2.75) is 31.7 Å². The summed E-state index contributed by atoms with van der Waals surface area (Å²) in [4.78, 5) is 25.2. The van der Waals surface area contributed by atoms with E-state index in [1.165, 1.54) is 11.8 Å². The second-order valence-corrected chi connectivity index (χ2v) is 7.80. The minimum Gasteiger partial charge on any atom is -0.353 e. The van der Waals surface area contributed by atoms with E-state index < -0.39 is 0 Å². The summed E-state index contributed by atoms with van der Waals surface area (Å²) in [5, 5.41) is 5.75. The lowest BCUT2D eigenvalue weighted by Gasteiger charge is -2.12. The molecule has 0 radical (unpaired) electrons. The Morgan fingerprint density at radius 1 is 1.16 bits per heavy atom. The Morgan fingerprint density at radius 2 is 1.88 bits per heavy atom. The highest BCUT2D eigenvalue weighted by Gasteiger charge is 2.13. The molecular formula is C19H21BrN2O2S. The monoisotopic (exact) mass is 420 g/mol. The molecule has 25 heavy (non-hydrogen) atoms. The van der Waals surface area contributed by atoms with Gasteiger partial charge < -0.3 is 10.6 Å². The molecule has 0 saturated heterocycles. The van der Waals surface area contributed by atoms with E-state index in [1.54, 1.807) is 6.07 Å². The van der Waals surface area contributed by atoms with Crippen molar-refractivity contribution in [3.8, 4) is 0 Å². The largest absolute Gasteiger partial charge is 0.353 e. The fraction of sp³-hybridized carbons (Fsp3) is 0.263. The minimum atomic E-state index is -0.192. The van der Waals surface area contributed by atoms with Gasteiger partial charge in [-0.3, -0.25) is 9.59 Å². The molecule has 6 heteroatoms. The molecular weight excluding hydrogens is 400 g/mol. The second-order valence-electron chi connectivity index (χ2n) is 5.93. The molecule has 0 fully saturated rings. The molecule has 0 aromatic heterocycles. The first kappa shape index (κ1) is 19.5. The maximum atomic E-state index is 12.6. The number of nitrogens with one attached hydrogen (secondary N) is 2. The van der Waals surface area contributed by atoms with Gasteiger partial charge in [0, 0.05) is 21.1 Å². The van der Waals surface area contributed by atoms with Crippen LogP contribution in [-0.2, 0) is 4.79 Å². The molecule has 0 saturated carbocycles. The molecule has 2 aromatic rings. The number of aryl methyl sites for hydroxylation is 1. The normalized spacial score (nSPS) is 10.6. The predicted octanol–water partition coefficient (Wildman–Crippen LogP) is 4.63. The van der Waals surface area contributed by atoms with E-state index in [4.69, 9.17) is 0 Å². The molecule has 0 bridgehead atoms. The van der Waals surface area contributed by atoms with Crippen LogP contribution in [0.5, 0.6) is 0 Å². The highest BCUT2D eigenvalue weighted by molar-refractivity contribution is 9.10. The predicted molar refractivity (Wildman–Crippen MR) is 107 cm³/mol. The van der Waals surface area contributed by atoms with Crippen LogP contribution in [0.1, 0.15) is 29.8 Å². The molecule has 4 nitrogen and oxygen atoms in total. The molecule has 0 aliphatic carbocycles. The van der Waals surface area contributed by atoms with Crippen molar-refractivity contribution >= 4 is 45.2 Å². The number of thioether (sulfide) groups is 1. The third kappa shape index (κ3) is 5.90. The van der Waals surface area contributed by atoms with Crippen LogP contribution in [0.15, 0.2) is 51.8 Å². The molecule has 0 aliphatic heterocycles. The molecule has 0 spiro atoms. The Bertz CT molecular complexity index is 778. The van der Waals surface area contributed by atoms with Gasteiger partial charge in [-0.25, -0.2) is 0 Å². The van der Waals surface area contributed by atoms with Crippen LogP contribution in [0.3, 0.4) is 0 Å². The number of hydrogen-bond donors (Lipinski definition) is 2. The SMILES string of the molecule is Cc1ccc(NC(=O)c2ccccc2SCC(=O)NC(C)C)cc1Br. The van der Waals surface area contributed by atoms with Crippen LogP contribution < -0.4 is 10.6 Å². The van der Waals surface area contributed by atoms with Gasteiger partial charge in [0.1, 0.15) is 0 Å². The van der Waals surface area contributed by atoms with Crippen molar-refractivity contribution in [2.24, 2.45) is 0 Å². The van der Waals surface area contributed by atoms with Crippen LogP contribution in [0.2, 0.25) is 0 Å². The fourth-order valence-electron chi connectivity index (χ4n) is 2.16. The highest BCUT2D eigenvalue weighted by Crippen LogP contribution is 2.25. The number of hydrogen-bond acceptors (Lipinski definition) is 3. The maximum Gasteiger partial charge on any atom is 0.256 e. The van der Waals surface area contributed by atoms with Crippen LogP contribution >= 0.6 is 27.7 Å². The zero-order valence-electron chi connectivity index (χ0n) is 14.4. The average Bonchev–Trinajstić information content (AvgIpc) is 2.56. The standard InChI is InChI=1S/C19H21BrN2O2S/c1-12(2)21-18(23)11-25-17-7-5-4-6-15(17)19(24)22-14-9-8-13(3)16(20)10-14/h4-10,12H,11H2,1-3H3,(H,21,23)(H,22,24). The van der Waals surface area contributed by atoms with Crippen LogP contribution in [0.25, 0.3) is 0 Å². The van der Waals surface area contributed by atoms with Crippen LogP contribution in [0.4, 0.5) is 5.69 Å². The summed E-state index contributed by atoms with van der Waals surface area (Å²) in [5.74, 6) is 0.0410. The van der Waals surface area contributed by atoms with Gasteiger partial charge in [-0.15, -0.1) is 11.8 Å². The summed E-state index contributed by atoms with van der Waals surface area (Å²) in [7, 11) is 0. The lowest BCUT2D eigenvalue weighted by molar-refractivity contribution is -0.119. The Morgan fingerprint density at radius 3 is 2.56 bits per heavy atom. The van der Waals surface area contributed by atoms with Gasteiger partial charge in [0.2, 0.25) is 5.91 Å². The van der Waals surface area contributed by atoms with Crippen molar-refractivity contribution in [2.75, 3.05) is 11.1 Å². The van der Waals surface area contributed by atoms with E-state index in [9.17, 15) is 9.59 Å². The topological polar surface area (TPSA) is 58.2 Å². The maximum absolute atomic E-state index is 12.6. The summed E-state index contributed by atoms with van der Waals surface area (Å²) in [6.45, 7) is 5.83. The molecule has 132 valence electrons. The van der Waals surface area contributed by atoms with E-state index in [1.807, 2.05) is 57.2 Å². The molecule has 2 rings (SSSR count). The lowest BCUT2D eigenvalue weighted by Crippen LogP contribution is -2.31. The number of benzene rings is 2. The highest BCUT2D eigenvalue weighted by atomic mass is 79.9. The van der Waals surface area contributed by atoms with Gasteiger partial charge >= 0.3 is 0 Å². The van der Waals surface area contributed by atoms with Gasteiger partial charge in [-0.05, 0) is 50.6 Å². The van der Waals surface area contributed by atoms with Gasteiger partial charge in [-0.2, -0.15) is 0 Å². The molecule has 0 heterocycles. The van der Waals surface area contributed by atoms with Gasteiger partial charge in [-0.1, -0.05) is 34.1 Å². The quantitative estimate of drug-likeness (QED) is 0.669. The first-order valence-corrected chi connectivity index (χ1v) is 9.73. The van der Waals surface area contributed by atoms with E-state index in [-0.39, 0.29) is 23.6 Å². The number of rotatable bonds is 6. The van der Waals surface area contributed by atoms with Gasteiger partial charge in [0.25, 0.3) is 5.91 Å². The number of anilines is 1. The van der Waals surface area contributed by atoms with Gasteiger partial charge in [0.15, 0.2) is 0 Å². The Labute approximate surface area is 160 Å². The van der Waals surface area contributed by atoms with E-state index in [0.29, 0.717) is 5.56 Å². The summed E-state index contributed by atoms with van der Waals surface area (Å²) < 4.78 is 0.943.